The van der Waals surface area contributed by atoms with Gasteiger partial charge < -0.3 is 10.1 Å². The topological polar surface area (TPSA) is 75.7 Å². The molecule has 7 heteroatoms. The normalized spacial score (nSPS) is 19.3. The van der Waals surface area contributed by atoms with E-state index in [1.54, 1.807) is 19.1 Å². The lowest BCUT2D eigenvalue weighted by Gasteiger charge is -2.28. The highest BCUT2D eigenvalue weighted by Crippen LogP contribution is 2.21. The number of anilines is 1. The quantitative estimate of drug-likeness (QED) is 0.850. The molecule has 0 aromatic heterocycles. The molecule has 0 radical (unpaired) electrons. The first-order chi connectivity index (χ1) is 10.8. The molecule has 128 valence electrons. The van der Waals surface area contributed by atoms with Crippen LogP contribution in [0.15, 0.2) is 24.3 Å². The molecule has 1 aromatic rings. The smallest absolute Gasteiger partial charge is 0.243 e. The van der Waals surface area contributed by atoms with E-state index in [2.05, 4.69) is 5.32 Å². The zero-order valence-electron chi connectivity index (χ0n) is 13.8. The van der Waals surface area contributed by atoms with Gasteiger partial charge in [0.05, 0.1) is 18.0 Å². The van der Waals surface area contributed by atoms with Crippen LogP contribution in [0.3, 0.4) is 0 Å². The minimum Gasteiger partial charge on any atom is -0.376 e. The maximum Gasteiger partial charge on any atom is 0.243 e. The van der Waals surface area contributed by atoms with Gasteiger partial charge in [-0.2, -0.15) is 0 Å². The molecule has 1 amide bonds. The van der Waals surface area contributed by atoms with E-state index in [-0.39, 0.29) is 12.0 Å². The number of amides is 1. The lowest BCUT2D eigenvalue weighted by Crippen LogP contribution is -2.49. The molecule has 0 unspecified atom stereocenters. The first kappa shape index (κ1) is 17.7. The highest BCUT2D eigenvalue weighted by molar-refractivity contribution is 7.92. The fraction of sp³-hybridized carbons (Fsp3) is 0.562. The van der Waals surface area contributed by atoms with Gasteiger partial charge in [-0.3, -0.25) is 9.10 Å². The molecule has 0 spiro atoms. The minimum atomic E-state index is -3.57. The van der Waals surface area contributed by atoms with Crippen LogP contribution in [0.1, 0.15) is 25.3 Å². The SMILES string of the molecule is Cc1ccc(N([C@@H](C)C(=O)NC[C@@H]2CCCO2)S(C)(=O)=O)cc1. The average molecular weight is 340 g/mol. The van der Waals surface area contributed by atoms with E-state index in [1.807, 2.05) is 19.1 Å². The van der Waals surface area contributed by atoms with Crippen LogP contribution < -0.4 is 9.62 Å². The Bertz CT molecular complexity index is 637. The monoisotopic (exact) mass is 340 g/mol. The molecule has 1 saturated heterocycles. The van der Waals surface area contributed by atoms with Gasteiger partial charge in [-0.1, -0.05) is 17.7 Å². The van der Waals surface area contributed by atoms with E-state index in [0.717, 1.165) is 35.6 Å². The summed E-state index contributed by atoms with van der Waals surface area (Å²) < 4.78 is 30.9. The molecule has 1 aliphatic heterocycles. The molecule has 0 saturated carbocycles. The van der Waals surface area contributed by atoms with Crippen molar-refractivity contribution in [1.82, 2.24) is 5.32 Å². The Labute approximate surface area is 137 Å². The molecule has 6 nitrogen and oxygen atoms in total. The summed E-state index contributed by atoms with van der Waals surface area (Å²) in [7, 11) is -3.57. The number of aryl methyl sites for hydroxylation is 1. The van der Waals surface area contributed by atoms with Crippen molar-refractivity contribution in [3.8, 4) is 0 Å². The second-order valence-electron chi connectivity index (χ2n) is 5.95. The van der Waals surface area contributed by atoms with Crippen LogP contribution in [0, 0.1) is 6.92 Å². The fourth-order valence-electron chi connectivity index (χ4n) is 2.67. The third-order valence-corrected chi connectivity index (χ3v) is 5.15. The summed E-state index contributed by atoms with van der Waals surface area (Å²) in [6.07, 6.45) is 3.05. The minimum absolute atomic E-state index is 0.0252. The third-order valence-electron chi connectivity index (χ3n) is 3.90. The number of benzene rings is 1. The van der Waals surface area contributed by atoms with Crippen molar-refractivity contribution in [3.63, 3.8) is 0 Å². The predicted molar refractivity (Wildman–Crippen MR) is 89.9 cm³/mol. The highest BCUT2D eigenvalue weighted by Gasteiger charge is 2.29. The van der Waals surface area contributed by atoms with Gasteiger partial charge in [-0.25, -0.2) is 8.42 Å². The summed E-state index contributed by atoms with van der Waals surface area (Å²) in [6, 6.07) is 6.24. The van der Waals surface area contributed by atoms with Crippen molar-refractivity contribution >= 4 is 21.6 Å². The van der Waals surface area contributed by atoms with Gasteiger partial charge >= 0.3 is 0 Å². The van der Waals surface area contributed by atoms with E-state index >= 15 is 0 Å². The molecule has 0 bridgehead atoms. The Kier molecular flexibility index (Phi) is 5.64. The number of nitrogens with zero attached hydrogens (tertiary/aromatic N) is 1. The lowest BCUT2D eigenvalue weighted by molar-refractivity contribution is -0.122. The van der Waals surface area contributed by atoms with Gasteiger partial charge in [0.1, 0.15) is 6.04 Å². The second kappa shape index (κ2) is 7.31. The second-order valence-corrected chi connectivity index (χ2v) is 7.81. The van der Waals surface area contributed by atoms with Crippen LogP contribution >= 0.6 is 0 Å². The van der Waals surface area contributed by atoms with E-state index < -0.39 is 16.1 Å². The largest absolute Gasteiger partial charge is 0.376 e. The molecule has 1 aromatic carbocycles. The number of hydrogen-bond donors (Lipinski definition) is 1. The first-order valence-corrected chi connectivity index (χ1v) is 9.59. The van der Waals surface area contributed by atoms with Crippen LogP contribution in [0.2, 0.25) is 0 Å². The molecule has 2 atom stereocenters. The van der Waals surface area contributed by atoms with Crippen molar-refractivity contribution in [2.24, 2.45) is 0 Å². The zero-order valence-corrected chi connectivity index (χ0v) is 14.6. The summed E-state index contributed by atoms with van der Waals surface area (Å²) in [5.41, 5.74) is 1.51. The van der Waals surface area contributed by atoms with Gasteiger partial charge in [0, 0.05) is 13.2 Å². The number of carbonyl (C=O) groups is 1. The van der Waals surface area contributed by atoms with Gasteiger partial charge in [-0.05, 0) is 38.8 Å². The number of hydrogen-bond acceptors (Lipinski definition) is 4. The molecule has 1 heterocycles. The van der Waals surface area contributed by atoms with Crippen LogP contribution in [0.5, 0.6) is 0 Å². The van der Waals surface area contributed by atoms with Crippen molar-refractivity contribution in [3.05, 3.63) is 29.8 Å². The van der Waals surface area contributed by atoms with Crippen molar-refractivity contribution in [2.75, 3.05) is 23.7 Å². The summed E-state index contributed by atoms with van der Waals surface area (Å²) >= 11 is 0. The van der Waals surface area contributed by atoms with E-state index in [9.17, 15) is 13.2 Å². The summed E-state index contributed by atoms with van der Waals surface area (Å²) in [6.45, 7) is 4.64. The molecular formula is C16H24N2O4S. The van der Waals surface area contributed by atoms with Crippen molar-refractivity contribution in [2.45, 2.75) is 38.8 Å². The zero-order chi connectivity index (χ0) is 17.0. The van der Waals surface area contributed by atoms with Crippen LogP contribution in [0.25, 0.3) is 0 Å². The number of nitrogens with one attached hydrogen (secondary N) is 1. The molecule has 23 heavy (non-hydrogen) atoms. The highest BCUT2D eigenvalue weighted by atomic mass is 32.2. The molecule has 2 rings (SSSR count). The Morgan fingerprint density at radius 2 is 2.04 bits per heavy atom. The fourth-order valence-corrected chi connectivity index (χ4v) is 3.84. The van der Waals surface area contributed by atoms with Crippen molar-refractivity contribution in [1.29, 1.82) is 0 Å². The van der Waals surface area contributed by atoms with Gasteiger partial charge in [-0.15, -0.1) is 0 Å². The van der Waals surface area contributed by atoms with E-state index in [4.69, 9.17) is 4.74 Å². The van der Waals surface area contributed by atoms with Crippen LogP contribution in [-0.2, 0) is 19.6 Å². The maximum absolute atomic E-state index is 12.4. The van der Waals surface area contributed by atoms with Gasteiger partial charge in [0.25, 0.3) is 0 Å². The van der Waals surface area contributed by atoms with Gasteiger partial charge in [0.2, 0.25) is 15.9 Å². The Balaban J connectivity index is 2.11. The number of rotatable bonds is 6. The molecule has 1 aliphatic rings. The Morgan fingerprint density at radius 3 is 2.57 bits per heavy atom. The third kappa shape index (κ3) is 4.68. The van der Waals surface area contributed by atoms with Crippen molar-refractivity contribution < 1.29 is 17.9 Å². The summed E-state index contributed by atoms with van der Waals surface area (Å²) in [4.78, 5) is 12.4. The molecule has 0 aliphatic carbocycles. The molecular weight excluding hydrogens is 316 g/mol. The number of sulfonamides is 1. The number of carbonyl (C=O) groups excluding carboxylic acids is 1. The summed E-state index contributed by atoms with van der Waals surface area (Å²) in [5.74, 6) is -0.327. The van der Waals surface area contributed by atoms with Crippen LogP contribution in [0.4, 0.5) is 5.69 Å². The number of ether oxygens (including phenoxy) is 1. The van der Waals surface area contributed by atoms with E-state index in [0.29, 0.717) is 12.2 Å². The average Bonchev–Trinajstić information content (AvgIpc) is 2.99. The van der Waals surface area contributed by atoms with Gasteiger partial charge in [0.15, 0.2) is 0 Å². The first-order valence-electron chi connectivity index (χ1n) is 7.74. The lowest BCUT2D eigenvalue weighted by atomic mass is 10.2. The Hall–Kier alpha value is -1.60. The molecule has 1 fully saturated rings. The summed E-state index contributed by atoms with van der Waals surface area (Å²) in [5, 5.41) is 2.79. The van der Waals surface area contributed by atoms with Crippen LogP contribution in [-0.4, -0.2) is 45.9 Å². The van der Waals surface area contributed by atoms with E-state index in [1.165, 1.54) is 0 Å². The molecule has 1 N–H and O–H groups in total. The Morgan fingerprint density at radius 1 is 1.39 bits per heavy atom. The predicted octanol–water partition coefficient (Wildman–Crippen LogP) is 1.44. The standard InChI is InChI=1S/C16H24N2O4S/c1-12-6-8-14(9-7-12)18(23(3,20)21)13(2)16(19)17-11-15-5-4-10-22-15/h6-9,13,15H,4-5,10-11H2,1-3H3,(H,17,19)/t13-,15-/m0/s1. The maximum atomic E-state index is 12.4.